The van der Waals surface area contributed by atoms with Crippen molar-refractivity contribution in [3.8, 4) is 39.4 Å². The molecule has 194 valence electrons. The van der Waals surface area contributed by atoms with E-state index in [0.29, 0.717) is 11.3 Å². The zero-order chi connectivity index (χ0) is 27.3. The third-order valence-electron chi connectivity index (χ3n) is 6.69. The highest BCUT2D eigenvalue weighted by molar-refractivity contribution is 6.02. The number of hydrogen-bond acceptors (Lipinski definition) is 4. The number of phenolic OH excluding ortho intramolecular Hbond substituents is 1. The molecule has 0 saturated heterocycles. The summed E-state index contributed by atoms with van der Waals surface area (Å²) in [4.78, 5) is 20.2. The molecule has 0 atom stereocenters. The molecule has 4 N–H and O–H groups in total. The van der Waals surface area contributed by atoms with Crippen LogP contribution in [0.5, 0.6) is 5.75 Å². The summed E-state index contributed by atoms with van der Waals surface area (Å²) in [5.41, 5.74) is 6.55. The van der Waals surface area contributed by atoms with E-state index in [1.54, 1.807) is 18.5 Å². The van der Waals surface area contributed by atoms with Crippen LogP contribution in [0.25, 0.3) is 55.4 Å². The van der Waals surface area contributed by atoms with Gasteiger partial charge in [0.05, 0.1) is 23.1 Å². The Hall–Kier alpha value is -4.98. The van der Waals surface area contributed by atoms with Gasteiger partial charge in [-0.3, -0.25) is 14.9 Å². The smallest absolute Gasteiger partial charge is 0.229 e. The summed E-state index contributed by atoms with van der Waals surface area (Å²) >= 11 is 0. The van der Waals surface area contributed by atoms with Gasteiger partial charge in [-0.25, -0.2) is 4.39 Å². The van der Waals surface area contributed by atoms with Gasteiger partial charge in [0.1, 0.15) is 17.3 Å². The van der Waals surface area contributed by atoms with E-state index in [2.05, 4.69) is 25.5 Å². The molecule has 0 saturated carbocycles. The number of halogens is 1. The second kappa shape index (κ2) is 9.09. The number of anilines is 1. The highest BCUT2D eigenvalue weighted by Gasteiger charge is 2.21. The van der Waals surface area contributed by atoms with Crippen molar-refractivity contribution in [3.05, 3.63) is 84.9 Å². The number of amides is 1. The van der Waals surface area contributed by atoms with Crippen LogP contribution >= 0.6 is 0 Å². The molecule has 39 heavy (non-hydrogen) atoms. The topological polar surface area (TPSA) is 107 Å². The Kier molecular flexibility index (Phi) is 5.68. The van der Waals surface area contributed by atoms with Gasteiger partial charge in [0, 0.05) is 39.5 Å². The average Bonchev–Trinajstić information content (AvgIpc) is 3.51. The predicted octanol–water partition coefficient (Wildman–Crippen LogP) is 7.27. The molecular weight excluding hydrogens is 493 g/mol. The van der Waals surface area contributed by atoms with Gasteiger partial charge < -0.3 is 15.4 Å². The fraction of sp³-hybridized carbons (Fsp3) is 0.129. The van der Waals surface area contributed by atoms with Gasteiger partial charge in [0.25, 0.3) is 0 Å². The maximum Gasteiger partial charge on any atom is 0.229 e. The zero-order valence-corrected chi connectivity index (χ0v) is 21.6. The number of H-pyrrole nitrogens is 2. The monoisotopic (exact) mass is 519 g/mol. The lowest BCUT2D eigenvalue weighted by atomic mass is 9.95. The number of pyridine rings is 1. The third kappa shape index (κ3) is 4.61. The van der Waals surface area contributed by atoms with E-state index in [1.807, 2.05) is 69.3 Å². The molecule has 6 aromatic rings. The van der Waals surface area contributed by atoms with Crippen molar-refractivity contribution < 1.29 is 14.3 Å². The number of aromatic hydroxyl groups is 1. The molecule has 0 bridgehead atoms. The number of carbonyl (C=O) groups is 1. The molecule has 0 spiro atoms. The molecule has 0 aliphatic rings. The molecule has 0 unspecified atom stereocenters. The molecule has 6 rings (SSSR count). The van der Waals surface area contributed by atoms with Crippen molar-refractivity contribution in [2.45, 2.75) is 20.8 Å². The van der Waals surface area contributed by atoms with E-state index in [0.717, 1.165) is 56.0 Å². The number of aromatic nitrogens is 4. The summed E-state index contributed by atoms with van der Waals surface area (Å²) in [6.07, 6.45) is 3.40. The maximum absolute atomic E-state index is 14.0. The summed E-state index contributed by atoms with van der Waals surface area (Å²) in [6.45, 7) is 5.59. The Morgan fingerprint density at radius 3 is 2.54 bits per heavy atom. The average molecular weight is 520 g/mol. The van der Waals surface area contributed by atoms with E-state index < -0.39 is 11.2 Å². The summed E-state index contributed by atoms with van der Waals surface area (Å²) in [6, 6.07) is 19.6. The van der Waals surface area contributed by atoms with Gasteiger partial charge in [0.2, 0.25) is 5.91 Å². The van der Waals surface area contributed by atoms with Crippen molar-refractivity contribution >= 4 is 33.4 Å². The number of hydrogen-bond donors (Lipinski definition) is 4. The number of carbonyl (C=O) groups excluding carboxylic acids is 1. The highest BCUT2D eigenvalue weighted by atomic mass is 19.1. The Morgan fingerprint density at radius 1 is 0.897 bits per heavy atom. The molecule has 7 nitrogen and oxygen atoms in total. The lowest BCUT2D eigenvalue weighted by Gasteiger charge is -2.17. The summed E-state index contributed by atoms with van der Waals surface area (Å²) in [5.74, 6) is -0.708. The second-order valence-electron chi connectivity index (χ2n) is 10.6. The minimum Gasteiger partial charge on any atom is -0.508 e. The summed E-state index contributed by atoms with van der Waals surface area (Å²) in [7, 11) is 0. The second-order valence-corrected chi connectivity index (χ2v) is 10.6. The molecule has 8 heteroatoms. The largest absolute Gasteiger partial charge is 0.508 e. The van der Waals surface area contributed by atoms with Gasteiger partial charge in [-0.15, -0.1) is 0 Å². The first-order valence-electron chi connectivity index (χ1n) is 12.5. The predicted molar refractivity (Wildman–Crippen MR) is 152 cm³/mol. The fourth-order valence-corrected chi connectivity index (χ4v) is 4.65. The van der Waals surface area contributed by atoms with Crippen LogP contribution < -0.4 is 5.32 Å². The van der Waals surface area contributed by atoms with Crippen LogP contribution in [0.1, 0.15) is 20.8 Å². The minimum absolute atomic E-state index is 0.0827. The van der Waals surface area contributed by atoms with Crippen molar-refractivity contribution in [1.29, 1.82) is 0 Å². The molecule has 3 heterocycles. The van der Waals surface area contributed by atoms with Crippen LogP contribution in [0.4, 0.5) is 10.1 Å². The third-order valence-corrected chi connectivity index (χ3v) is 6.69. The van der Waals surface area contributed by atoms with Crippen molar-refractivity contribution in [2.24, 2.45) is 5.41 Å². The van der Waals surface area contributed by atoms with Crippen molar-refractivity contribution in [3.63, 3.8) is 0 Å². The first-order valence-corrected chi connectivity index (χ1v) is 12.5. The Balaban J connectivity index is 1.41. The van der Waals surface area contributed by atoms with E-state index in [1.165, 1.54) is 6.07 Å². The Bertz CT molecular complexity index is 1860. The van der Waals surface area contributed by atoms with Gasteiger partial charge >= 0.3 is 0 Å². The SMILES string of the molecule is CC(C)(C)C(=O)Nc1cncc(-c2ccc3[nH]nc(-c4cc5c(-c6cc(O)cc(F)c6)cccc5[nH]4)c3c2)c1. The first kappa shape index (κ1) is 24.4. The van der Waals surface area contributed by atoms with Crippen LogP contribution in [0.2, 0.25) is 0 Å². The van der Waals surface area contributed by atoms with Crippen LogP contribution in [-0.4, -0.2) is 31.2 Å². The van der Waals surface area contributed by atoms with E-state index in [9.17, 15) is 14.3 Å². The van der Waals surface area contributed by atoms with Gasteiger partial charge in [-0.1, -0.05) is 39.0 Å². The molecule has 0 aliphatic heterocycles. The Morgan fingerprint density at radius 2 is 1.74 bits per heavy atom. The first-order chi connectivity index (χ1) is 18.7. The fourth-order valence-electron chi connectivity index (χ4n) is 4.65. The number of aromatic amines is 2. The molecule has 0 radical (unpaired) electrons. The molecule has 0 aliphatic carbocycles. The van der Waals surface area contributed by atoms with E-state index in [4.69, 9.17) is 0 Å². The van der Waals surface area contributed by atoms with Gasteiger partial charge in [-0.05, 0) is 59.2 Å². The lowest BCUT2D eigenvalue weighted by molar-refractivity contribution is -0.123. The zero-order valence-electron chi connectivity index (χ0n) is 21.6. The Labute approximate surface area is 223 Å². The molecule has 0 fully saturated rings. The number of fused-ring (bicyclic) bond motifs is 2. The normalized spacial score (nSPS) is 11.8. The van der Waals surface area contributed by atoms with Crippen molar-refractivity contribution in [2.75, 3.05) is 5.32 Å². The van der Waals surface area contributed by atoms with E-state index in [-0.39, 0.29) is 11.7 Å². The number of phenols is 1. The number of nitrogens with one attached hydrogen (secondary N) is 3. The maximum atomic E-state index is 14.0. The van der Waals surface area contributed by atoms with Gasteiger partial charge in [0.15, 0.2) is 0 Å². The lowest BCUT2D eigenvalue weighted by Crippen LogP contribution is -2.27. The summed E-state index contributed by atoms with van der Waals surface area (Å²) in [5, 5.41) is 22.3. The number of benzene rings is 3. The minimum atomic E-state index is -0.519. The van der Waals surface area contributed by atoms with Crippen LogP contribution in [0.15, 0.2) is 79.1 Å². The van der Waals surface area contributed by atoms with Gasteiger partial charge in [-0.2, -0.15) is 5.10 Å². The van der Waals surface area contributed by atoms with E-state index >= 15 is 0 Å². The van der Waals surface area contributed by atoms with Crippen LogP contribution in [-0.2, 0) is 4.79 Å². The standard InChI is InChI=1S/C31H26FN5O2/c1-31(2,3)30(39)34-21-10-19(15-33-16-21)17-7-8-27-25(12-17)29(37-36-27)28-14-24-23(5-4-6-26(24)35-28)18-9-20(32)13-22(38)11-18/h4-16,35,38H,1-3H3,(H,34,39)(H,36,37). The molecule has 1 amide bonds. The quantitative estimate of drug-likeness (QED) is 0.196. The number of nitrogens with zero attached hydrogens (tertiary/aromatic N) is 2. The van der Waals surface area contributed by atoms with Crippen LogP contribution in [0, 0.1) is 11.2 Å². The molecule has 3 aromatic heterocycles. The van der Waals surface area contributed by atoms with Crippen LogP contribution in [0.3, 0.4) is 0 Å². The molecule has 3 aromatic carbocycles. The molecular formula is C31H26FN5O2. The number of rotatable bonds is 4. The highest BCUT2D eigenvalue weighted by Crippen LogP contribution is 2.36. The van der Waals surface area contributed by atoms with Crippen molar-refractivity contribution in [1.82, 2.24) is 20.2 Å². The summed E-state index contributed by atoms with van der Waals surface area (Å²) < 4.78 is 14.0.